The standard InChI is InChI=1S/C72H42S2/c1-2-21-44(22-3-1)64-50-27-6-10-31-54(50)67(55-32-11-7-28-51(55)64)60-41-47-42-61(72-70(59-36-15-17-39-63(59)74-72)66(47)69-58-35-14-16-38-62(58)73-71(60)69)68-56-33-12-8-29-52(56)65(53-30-9-13-34-57(53)68)46-25-18-24-45(40-46)49-37-19-23-43-20-4-5-26-48(43)49/h1-42H. The van der Waals surface area contributed by atoms with E-state index in [0.717, 1.165) is 0 Å². The summed E-state index contributed by atoms with van der Waals surface area (Å²) in [6.45, 7) is 0. The van der Waals surface area contributed by atoms with Crippen molar-refractivity contribution in [2.24, 2.45) is 0 Å². The lowest BCUT2D eigenvalue weighted by Crippen LogP contribution is -1.93. The van der Waals surface area contributed by atoms with Gasteiger partial charge in [0.2, 0.25) is 0 Å². The maximum Gasteiger partial charge on any atom is 0.0440 e. The Balaban J connectivity index is 1.04. The molecule has 16 aromatic rings. The van der Waals surface area contributed by atoms with Crippen LogP contribution in [0.3, 0.4) is 0 Å². The van der Waals surface area contributed by atoms with Gasteiger partial charge >= 0.3 is 0 Å². The van der Waals surface area contributed by atoms with E-state index in [1.165, 1.54) is 161 Å². The van der Waals surface area contributed by atoms with Crippen molar-refractivity contribution >= 4 is 128 Å². The van der Waals surface area contributed by atoms with Crippen LogP contribution in [0.4, 0.5) is 0 Å². The highest BCUT2D eigenvalue weighted by atomic mass is 32.1. The zero-order valence-corrected chi connectivity index (χ0v) is 41.7. The number of hydrogen-bond donors (Lipinski definition) is 0. The third-order valence-electron chi connectivity index (χ3n) is 15.8. The van der Waals surface area contributed by atoms with E-state index in [1.54, 1.807) is 0 Å². The van der Waals surface area contributed by atoms with Crippen molar-refractivity contribution in [3.63, 3.8) is 0 Å². The minimum atomic E-state index is 1.22. The van der Waals surface area contributed by atoms with Crippen molar-refractivity contribution < 1.29 is 0 Å². The van der Waals surface area contributed by atoms with Crippen LogP contribution in [0.2, 0.25) is 0 Å². The molecule has 0 aliphatic rings. The van der Waals surface area contributed by atoms with Crippen LogP contribution in [0.1, 0.15) is 0 Å². The molecular weight excluding hydrogens is 929 g/mol. The fourth-order valence-corrected chi connectivity index (χ4v) is 15.2. The first-order valence-electron chi connectivity index (χ1n) is 25.5. The number of fused-ring (bicyclic) bond motifs is 14. The molecule has 2 aromatic heterocycles. The highest BCUT2D eigenvalue weighted by Crippen LogP contribution is 2.55. The summed E-state index contributed by atoms with van der Waals surface area (Å²) < 4.78 is 5.26. The van der Waals surface area contributed by atoms with Gasteiger partial charge in [-0.1, -0.05) is 224 Å². The molecule has 0 unspecified atom stereocenters. The molecule has 0 nitrogen and oxygen atoms in total. The first-order valence-corrected chi connectivity index (χ1v) is 27.1. The summed E-state index contributed by atoms with van der Waals surface area (Å²) in [5.74, 6) is 0. The predicted molar refractivity (Wildman–Crippen MR) is 324 cm³/mol. The molecular formula is C72H42S2. The van der Waals surface area contributed by atoms with Crippen LogP contribution >= 0.6 is 22.7 Å². The molecule has 74 heavy (non-hydrogen) atoms. The molecule has 2 heterocycles. The van der Waals surface area contributed by atoms with Crippen LogP contribution in [-0.4, -0.2) is 0 Å². The van der Waals surface area contributed by atoms with E-state index < -0.39 is 0 Å². The van der Waals surface area contributed by atoms with Crippen LogP contribution in [0, 0.1) is 0 Å². The van der Waals surface area contributed by atoms with Gasteiger partial charge in [-0.15, -0.1) is 22.7 Å². The highest BCUT2D eigenvalue weighted by molar-refractivity contribution is 7.27. The predicted octanol–water partition coefficient (Wildman–Crippen LogP) is 21.7. The molecule has 0 aliphatic heterocycles. The Labute approximate surface area is 435 Å². The Hall–Kier alpha value is -8.92. The number of rotatable bonds is 5. The molecule has 0 bridgehead atoms. The Bertz CT molecular complexity index is 4890. The zero-order valence-electron chi connectivity index (χ0n) is 40.1. The summed E-state index contributed by atoms with van der Waals surface area (Å²) in [5.41, 5.74) is 12.6. The van der Waals surface area contributed by atoms with Crippen molar-refractivity contribution in [2.45, 2.75) is 0 Å². The Kier molecular flexibility index (Phi) is 9.18. The Morgan fingerprint density at radius 3 is 1.08 bits per heavy atom. The molecule has 0 fully saturated rings. The summed E-state index contributed by atoms with van der Waals surface area (Å²) in [7, 11) is 0. The molecule has 0 amide bonds. The SMILES string of the molecule is c1ccc(-c2c3ccccc3c(-c3cc4cc(-c5c6ccccc6c(-c6cccc(-c7cccc8ccccc78)c6)c6ccccc56)c5sc6ccccc6c5c4c4c3sc3ccccc34)c3ccccc23)cc1. The van der Waals surface area contributed by atoms with Gasteiger partial charge in [0.05, 0.1) is 0 Å². The van der Waals surface area contributed by atoms with Crippen molar-refractivity contribution in [3.8, 4) is 55.6 Å². The first kappa shape index (κ1) is 41.7. The minimum absolute atomic E-state index is 1.22. The molecule has 0 aliphatic carbocycles. The fraction of sp³-hybridized carbons (Fsp3) is 0. The molecule has 342 valence electrons. The monoisotopic (exact) mass is 970 g/mol. The largest absolute Gasteiger partial charge is 0.135 e. The molecule has 0 spiro atoms. The average molecular weight is 971 g/mol. The van der Waals surface area contributed by atoms with Gasteiger partial charge in [0.1, 0.15) is 0 Å². The normalized spacial score (nSPS) is 12.1. The van der Waals surface area contributed by atoms with Gasteiger partial charge < -0.3 is 0 Å². The van der Waals surface area contributed by atoms with Gasteiger partial charge in [-0.2, -0.15) is 0 Å². The average Bonchev–Trinajstić information content (AvgIpc) is 4.08. The molecule has 0 N–H and O–H groups in total. The first-order chi connectivity index (χ1) is 36.7. The summed E-state index contributed by atoms with van der Waals surface area (Å²) >= 11 is 3.88. The smallest absolute Gasteiger partial charge is 0.0440 e. The van der Waals surface area contributed by atoms with Crippen molar-refractivity contribution in [3.05, 3.63) is 255 Å². The van der Waals surface area contributed by atoms with Gasteiger partial charge in [-0.3, -0.25) is 0 Å². The number of hydrogen-bond acceptors (Lipinski definition) is 2. The lowest BCUT2D eigenvalue weighted by atomic mass is 9.83. The lowest BCUT2D eigenvalue weighted by Gasteiger charge is -2.20. The second kappa shape index (κ2) is 16.3. The minimum Gasteiger partial charge on any atom is -0.135 e. The molecule has 0 saturated carbocycles. The number of benzene rings is 14. The van der Waals surface area contributed by atoms with Crippen molar-refractivity contribution in [1.29, 1.82) is 0 Å². The van der Waals surface area contributed by atoms with E-state index in [4.69, 9.17) is 0 Å². The molecule has 0 saturated heterocycles. The second-order valence-corrected chi connectivity index (χ2v) is 21.8. The maximum atomic E-state index is 2.57. The highest BCUT2D eigenvalue weighted by Gasteiger charge is 2.26. The summed E-state index contributed by atoms with van der Waals surface area (Å²) in [5, 5.41) is 20.5. The van der Waals surface area contributed by atoms with Gasteiger partial charge in [0.15, 0.2) is 0 Å². The van der Waals surface area contributed by atoms with E-state index in [9.17, 15) is 0 Å². The van der Waals surface area contributed by atoms with Crippen LogP contribution in [0.15, 0.2) is 255 Å². The third-order valence-corrected chi connectivity index (χ3v) is 18.2. The van der Waals surface area contributed by atoms with Crippen LogP contribution in [0.25, 0.3) is 161 Å². The van der Waals surface area contributed by atoms with E-state index in [-0.39, 0.29) is 0 Å². The Morgan fingerprint density at radius 2 is 0.568 bits per heavy atom. The molecule has 14 aromatic carbocycles. The maximum absolute atomic E-state index is 2.57. The Morgan fingerprint density at radius 1 is 0.203 bits per heavy atom. The van der Waals surface area contributed by atoms with E-state index in [1.807, 2.05) is 22.7 Å². The topological polar surface area (TPSA) is 0 Å². The number of thiophene rings is 2. The van der Waals surface area contributed by atoms with Crippen molar-refractivity contribution in [2.75, 3.05) is 0 Å². The van der Waals surface area contributed by atoms with Gasteiger partial charge in [-0.05, 0) is 134 Å². The molecule has 0 radical (unpaired) electrons. The van der Waals surface area contributed by atoms with Gasteiger partial charge in [-0.25, -0.2) is 0 Å². The van der Waals surface area contributed by atoms with E-state index in [0.29, 0.717) is 0 Å². The van der Waals surface area contributed by atoms with E-state index >= 15 is 0 Å². The summed E-state index contributed by atoms with van der Waals surface area (Å²) in [6, 6.07) is 95.5. The summed E-state index contributed by atoms with van der Waals surface area (Å²) in [4.78, 5) is 0. The third kappa shape index (κ3) is 6.07. The lowest BCUT2D eigenvalue weighted by molar-refractivity contribution is 1.63. The van der Waals surface area contributed by atoms with Crippen molar-refractivity contribution in [1.82, 2.24) is 0 Å². The summed E-state index contributed by atoms with van der Waals surface area (Å²) in [6.07, 6.45) is 0. The second-order valence-electron chi connectivity index (χ2n) is 19.7. The van der Waals surface area contributed by atoms with Crippen LogP contribution in [-0.2, 0) is 0 Å². The van der Waals surface area contributed by atoms with E-state index in [2.05, 4.69) is 255 Å². The fourth-order valence-electron chi connectivity index (χ4n) is 12.8. The van der Waals surface area contributed by atoms with Crippen LogP contribution in [0.5, 0.6) is 0 Å². The van der Waals surface area contributed by atoms with Gasteiger partial charge in [0.25, 0.3) is 0 Å². The quantitative estimate of drug-likeness (QED) is 0.151. The molecule has 2 heteroatoms. The molecule has 16 rings (SSSR count). The van der Waals surface area contributed by atoms with Crippen LogP contribution < -0.4 is 0 Å². The van der Waals surface area contributed by atoms with Gasteiger partial charge in [0, 0.05) is 56.9 Å². The zero-order chi connectivity index (χ0) is 48.4. The molecule has 0 atom stereocenters.